The minimum atomic E-state index is -0.139. The molecule has 0 aromatic rings. The van der Waals surface area contributed by atoms with Crippen molar-refractivity contribution in [3.8, 4) is 0 Å². The van der Waals surface area contributed by atoms with Crippen LogP contribution in [0.2, 0.25) is 0 Å². The maximum absolute atomic E-state index is 11.4. The highest BCUT2D eigenvalue weighted by Gasteiger charge is 2.39. The Bertz CT molecular complexity index is 177. The van der Waals surface area contributed by atoms with Crippen LogP contribution in [0, 0.1) is 11.8 Å². The number of rotatable bonds is 2. The first kappa shape index (κ1) is 9.72. The van der Waals surface area contributed by atoms with Crippen molar-refractivity contribution < 1.29 is 9.53 Å². The van der Waals surface area contributed by atoms with Crippen LogP contribution in [0.1, 0.15) is 34.1 Å². The highest BCUT2D eigenvalue weighted by molar-refractivity contribution is 5.83. The molecular weight excluding hydrogens is 152 g/mol. The van der Waals surface area contributed by atoms with Crippen molar-refractivity contribution in [3.63, 3.8) is 0 Å². The van der Waals surface area contributed by atoms with Gasteiger partial charge >= 0.3 is 0 Å². The summed E-state index contributed by atoms with van der Waals surface area (Å²) in [6.07, 6.45) is 0.689. The van der Waals surface area contributed by atoms with Crippen LogP contribution in [0.5, 0.6) is 0 Å². The van der Waals surface area contributed by atoms with E-state index in [1.165, 1.54) is 0 Å². The van der Waals surface area contributed by atoms with E-state index in [1.54, 1.807) is 0 Å². The molecule has 0 amide bonds. The van der Waals surface area contributed by atoms with E-state index in [-0.39, 0.29) is 18.0 Å². The Kier molecular flexibility index (Phi) is 2.89. The average molecular weight is 170 g/mol. The summed E-state index contributed by atoms with van der Waals surface area (Å²) in [7, 11) is 0. The van der Waals surface area contributed by atoms with Crippen molar-refractivity contribution in [1.29, 1.82) is 0 Å². The van der Waals surface area contributed by atoms with Gasteiger partial charge in [-0.2, -0.15) is 0 Å². The zero-order valence-electron chi connectivity index (χ0n) is 8.33. The van der Waals surface area contributed by atoms with Crippen LogP contribution in [0.15, 0.2) is 0 Å². The molecule has 0 aromatic carbocycles. The van der Waals surface area contributed by atoms with E-state index in [0.717, 1.165) is 0 Å². The fourth-order valence-corrected chi connectivity index (χ4v) is 1.75. The Labute approximate surface area is 74.3 Å². The third-order valence-corrected chi connectivity index (χ3v) is 3.07. The SMILES string of the molecule is CCC(=O)[C@H]1OC(C)[C@H](C)[C@@H]1C. The molecule has 12 heavy (non-hydrogen) atoms. The molecule has 0 aliphatic carbocycles. The molecule has 0 radical (unpaired) electrons. The Morgan fingerprint density at radius 3 is 2.17 bits per heavy atom. The second kappa shape index (κ2) is 3.56. The van der Waals surface area contributed by atoms with Crippen molar-refractivity contribution in [3.05, 3.63) is 0 Å². The number of hydrogen-bond acceptors (Lipinski definition) is 2. The summed E-state index contributed by atoms with van der Waals surface area (Å²) < 4.78 is 5.59. The van der Waals surface area contributed by atoms with E-state index in [1.807, 2.05) is 13.8 Å². The second-order valence-corrected chi connectivity index (χ2v) is 3.80. The maximum Gasteiger partial charge on any atom is 0.161 e. The van der Waals surface area contributed by atoms with Crippen molar-refractivity contribution in [1.82, 2.24) is 0 Å². The van der Waals surface area contributed by atoms with Crippen molar-refractivity contribution in [2.24, 2.45) is 11.8 Å². The van der Waals surface area contributed by atoms with Gasteiger partial charge in [-0.1, -0.05) is 20.8 Å². The van der Waals surface area contributed by atoms with Gasteiger partial charge in [0.2, 0.25) is 0 Å². The molecule has 70 valence electrons. The number of ether oxygens (including phenoxy) is 1. The largest absolute Gasteiger partial charge is 0.367 e. The van der Waals surface area contributed by atoms with Gasteiger partial charge in [-0.05, 0) is 18.8 Å². The summed E-state index contributed by atoms with van der Waals surface area (Å²) in [5.41, 5.74) is 0. The van der Waals surface area contributed by atoms with Gasteiger partial charge in [0.25, 0.3) is 0 Å². The average Bonchev–Trinajstić information content (AvgIpc) is 2.32. The minimum Gasteiger partial charge on any atom is -0.367 e. The molecule has 0 aromatic heterocycles. The van der Waals surface area contributed by atoms with Crippen LogP contribution in [0.25, 0.3) is 0 Å². The maximum atomic E-state index is 11.4. The van der Waals surface area contributed by atoms with Gasteiger partial charge in [-0.25, -0.2) is 0 Å². The molecule has 2 nitrogen and oxygen atoms in total. The standard InChI is InChI=1S/C10H18O2/c1-5-9(11)10-7(3)6(2)8(4)12-10/h6-8,10H,5H2,1-4H3/t6-,7+,8?,10+/m1/s1. The third-order valence-electron chi connectivity index (χ3n) is 3.07. The first-order valence-corrected chi connectivity index (χ1v) is 4.76. The summed E-state index contributed by atoms with van der Waals surface area (Å²) in [6, 6.07) is 0. The Morgan fingerprint density at radius 1 is 1.25 bits per heavy atom. The normalized spacial score (nSPS) is 41.7. The monoisotopic (exact) mass is 170 g/mol. The number of Topliss-reactive ketones (excluding diaryl/α,β-unsaturated/α-hetero) is 1. The number of hydrogen-bond donors (Lipinski definition) is 0. The summed E-state index contributed by atoms with van der Waals surface area (Å²) in [6.45, 7) is 8.20. The fraction of sp³-hybridized carbons (Fsp3) is 0.900. The molecule has 1 aliphatic heterocycles. The predicted octanol–water partition coefficient (Wildman–Crippen LogP) is 2.02. The van der Waals surface area contributed by atoms with Crippen LogP contribution < -0.4 is 0 Å². The minimum absolute atomic E-state index is 0.139. The van der Waals surface area contributed by atoms with Crippen LogP contribution in [0.3, 0.4) is 0 Å². The lowest BCUT2D eigenvalue weighted by Gasteiger charge is -2.13. The molecule has 4 atom stereocenters. The molecule has 1 aliphatic rings. The van der Waals surface area contributed by atoms with Crippen LogP contribution in [-0.2, 0) is 9.53 Å². The molecule has 0 bridgehead atoms. The van der Waals surface area contributed by atoms with Gasteiger partial charge in [0.05, 0.1) is 6.10 Å². The van der Waals surface area contributed by atoms with Gasteiger partial charge in [0.1, 0.15) is 6.10 Å². The van der Waals surface area contributed by atoms with Gasteiger partial charge in [-0.3, -0.25) is 4.79 Å². The van der Waals surface area contributed by atoms with E-state index >= 15 is 0 Å². The summed E-state index contributed by atoms with van der Waals surface area (Å²) in [5, 5.41) is 0. The van der Waals surface area contributed by atoms with E-state index in [4.69, 9.17) is 4.74 Å². The summed E-state index contributed by atoms with van der Waals surface area (Å²) in [5.74, 6) is 1.14. The zero-order valence-corrected chi connectivity index (χ0v) is 8.33. The van der Waals surface area contributed by atoms with E-state index in [9.17, 15) is 4.79 Å². The molecule has 0 N–H and O–H groups in total. The molecule has 1 heterocycles. The molecular formula is C10H18O2. The lowest BCUT2D eigenvalue weighted by Crippen LogP contribution is -2.25. The Morgan fingerprint density at radius 2 is 1.83 bits per heavy atom. The van der Waals surface area contributed by atoms with Crippen molar-refractivity contribution >= 4 is 5.78 Å². The zero-order chi connectivity index (χ0) is 9.30. The molecule has 2 heteroatoms. The van der Waals surface area contributed by atoms with Crippen molar-refractivity contribution in [2.45, 2.75) is 46.3 Å². The first-order valence-electron chi connectivity index (χ1n) is 4.76. The Hall–Kier alpha value is -0.370. The highest BCUT2D eigenvalue weighted by Crippen LogP contribution is 2.32. The van der Waals surface area contributed by atoms with Gasteiger partial charge < -0.3 is 4.74 Å². The molecule has 0 saturated carbocycles. The molecule has 1 fully saturated rings. The van der Waals surface area contributed by atoms with Crippen LogP contribution >= 0.6 is 0 Å². The van der Waals surface area contributed by atoms with Gasteiger partial charge in [-0.15, -0.1) is 0 Å². The fourth-order valence-electron chi connectivity index (χ4n) is 1.75. The number of carbonyl (C=O) groups excluding carboxylic acids is 1. The van der Waals surface area contributed by atoms with Crippen LogP contribution in [0.4, 0.5) is 0 Å². The smallest absolute Gasteiger partial charge is 0.161 e. The Balaban J connectivity index is 2.64. The van der Waals surface area contributed by atoms with Gasteiger partial charge in [0.15, 0.2) is 5.78 Å². The molecule has 1 unspecified atom stereocenters. The number of ketones is 1. The number of carbonyl (C=O) groups is 1. The molecule has 1 saturated heterocycles. The third kappa shape index (κ3) is 1.53. The van der Waals surface area contributed by atoms with E-state index in [2.05, 4.69) is 13.8 Å². The predicted molar refractivity (Wildman–Crippen MR) is 48.0 cm³/mol. The van der Waals surface area contributed by atoms with E-state index in [0.29, 0.717) is 18.3 Å². The van der Waals surface area contributed by atoms with E-state index < -0.39 is 0 Å². The summed E-state index contributed by atoms with van der Waals surface area (Å²) in [4.78, 5) is 11.4. The van der Waals surface area contributed by atoms with Gasteiger partial charge in [0, 0.05) is 6.42 Å². The lowest BCUT2D eigenvalue weighted by molar-refractivity contribution is -0.130. The summed E-state index contributed by atoms with van der Waals surface area (Å²) >= 11 is 0. The topological polar surface area (TPSA) is 26.3 Å². The van der Waals surface area contributed by atoms with Crippen LogP contribution in [-0.4, -0.2) is 18.0 Å². The second-order valence-electron chi connectivity index (χ2n) is 3.80. The first-order chi connectivity index (χ1) is 5.57. The lowest BCUT2D eigenvalue weighted by atomic mass is 9.89. The quantitative estimate of drug-likeness (QED) is 0.633. The molecule has 1 rings (SSSR count). The van der Waals surface area contributed by atoms with Crippen molar-refractivity contribution in [2.75, 3.05) is 0 Å². The highest BCUT2D eigenvalue weighted by atomic mass is 16.5. The molecule has 0 spiro atoms.